The number of aromatic nitrogens is 2. The third-order valence-corrected chi connectivity index (χ3v) is 12.0. The molecule has 0 spiro atoms. The van der Waals surface area contributed by atoms with Crippen LogP contribution < -0.4 is 0 Å². The maximum Gasteiger partial charge on any atom is 0.138 e. The Kier molecular flexibility index (Phi) is 7.07. The van der Waals surface area contributed by atoms with Gasteiger partial charge in [-0.1, -0.05) is 158 Å². The minimum absolute atomic E-state index is 0.902. The monoisotopic (exact) mass is 704 g/mol. The number of nitrogens with zero attached hydrogens (tertiary/aromatic N) is 2. The van der Waals surface area contributed by atoms with Crippen molar-refractivity contribution in [3.05, 3.63) is 194 Å². The number of fused-ring (bicyclic) bond motifs is 7. The average molecular weight is 705 g/mol. The molecule has 0 amide bonds. The van der Waals surface area contributed by atoms with Crippen LogP contribution in [0.15, 0.2) is 194 Å². The van der Waals surface area contributed by atoms with Crippen LogP contribution in [-0.4, -0.2) is 9.55 Å². The Morgan fingerprint density at radius 3 is 1.78 bits per heavy atom. The first kappa shape index (κ1) is 30.8. The predicted molar refractivity (Wildman–Crippen MR) is 231 cm³/mol. The molecule has 2 nitrogen and oxygen atoms in total. The zero-order valence-corrected chi connectivity index (χ0v) is 30.1. The van der Waals surface area contributed by atoms with E-state index in [4.69, 9.17) is 4.98 Å². The molecule has 0 saturated carbocycles. The Labute approximate surface area is 316 Å². The van der Waals surface area contributed by atoms with Gasteiger partial charge in [0.15, 0.2) is 0 Å². The van der Waals surface area contributed by atoms with E-state index in [0.717, 1.165) is 33.7 Å². The summed E-state index contributed by atoms with van der Waals surface area (Å²) in [7, 11) is 0. The van der Waals surface area contributed by atoms with Crippen LogP contribution in [0.1, 0.15) is 0 Å². The molecule has 11 aromatic rings. The maximum atomic E-state index is 5.33. The van der Waals surface area contributed by atoms with Crippen LogP contribution >= 0.6 is 11.3 Å². The number of rotatable bonds is 5. The standard InChI is InChI=1S/C51H32N2S/c1-3-14-33(15-4-1)36-31-46(34-16-5-2-6-17-34)52-50(32-36)53-47-26-9-7-18-41(47)45-30-35(28-29-48(45)53)37-20-11-22-39-38(37)21-12-23-40(39)43-24-13-25-44-42-19-8-10-27-49(42)54-51(43)44/h1-32H. The summed E-state index contributed by atoms with van der Waals surface area (Å²) in [6, 6.07) is 70.2. The predicted octanol–water partition coefficient (Wildman–Crippen LogP) is 14.4. The first-order valence-electron chi connectivity index (χ1n) is 18.4. The molecule has 54 heavy (non-hydrogen) atoms. The third kappa shape index (κ3) is 4.90. The summed E-state index contributed by atoms with van der Waals surface area (Å²) < 4.78 is 5.00. The van der Waals surface area contributed by atoms with Crippen molar-refractivity contribution < 1.29 is 0 Å². The second-order valence-electron chi connectivity index (χ2n) is 13.9. The lowest BCUT2D eigenvalue weighted by Crippen LogP contribution is -2.00. The van der Waals surface area contributed by atoms with Gasteiger partial charge in [0, 0.05) is 42.1 Å². The highest BCUT2D eigenvalue weighted by Gasteiger charge is 2.18. The molecule has 11 rings (SSSR count). The zero-order chi connectivity index (χ0) is 35.6. The SMILES string of the molecule is c1ccc(-c2cc(-c3ccccc3)nc(-n3c4ccccc4c4cc(-c5cccc6c(-c7cccc8c7sc7ccccc78)cccc56)ccc43)c2)cc1. The molecule has 0 unspecified atom stereocenters. The summed E-state index contributed by atoms with van der Waals surface area (Å²) in [5.41, 5.74) is 11.6. The van der Waals surface area contributed by atoms with Gasteiger partial charge < -0.3 is 0 Å². The summed E-state index contributed by atoms with van der Waals surface area (Å²) in [5, 5.41) is 7.58. The van der Waals surface area contributed by atoms with Crippen molar-refractivity contribution in [3.8, 4) is 50.5 Å². The van der Waals surface area contributed by atoms with E-state index in [-0.39, 0.29) is 0 Å². The van der Waals surface area contributed by atoms with Gasteiger partial charge in [0.05, 0.1) is 16.7 Å². The molecular formula is C51H32N2S. The number of para-hydroxylation sites is 1. The van der Waals surface area contributed by atoms with E-state index < -0.39 is 0 Å². The molecule has 3 heterocycles. The van der Waals surface area contributed by atoms with Crippen molar-refractivity contribution in [3.63, 3.8) is 0 Å². The molecule has 8 aromatic carbocycles. The average Bonchev–Trinajstić information content (AvgIpc) is 3.79. The first-order valence-corrected chi connectivity index (χ1v) is 19.2. The van der Waals surface area contributed by atoms with E-state index in [1.54, 1.807) is 0 Å². The number of hydrogen-bond acceptors (Lipinski definition) is 2. The number of benzene rings is 8. The number of thiophene rings is 1. The second kappa shape index (κ2) is 12.4. The van der Waals surface area contributed by atoms with Crippen molar-refractivity contribution in [1.29, 1.82) is 0 Å². The van der Waals surface area contributed by atoms with Crippen LogP contribution in [0.2, 0.25) is 0 Å². The molecular weight excluding hydrogens is 673 g/mol. The fraction of sp³-hybridized carbons (Fsp3) is 0. The summed E-state index contributed by atoms with van der Waals surface area (Å²) in [4.78, 5) is 5.33. The van der Waals surface area contributed by atoms with Crippen LogP contribution in [0.3, 0.4) is 0 Å². The molecule has 0 atom stereocenters. The van der Waals surface area contributed by atoms with Crippen molar-refractivity contribution >= 4 is 64.1 Å². The van der Waals surface area contributed by atoms with Crippen molar-refractivity contribution in [2.24, 2.45) is 0 Å². The summed E-state index contributed by atoms with van der Waals surface area (Å²) in [6.07, 6.45) is 0. The van der Waals surface area contributed by atoms with Gasteiger partial charge in [0.25, 0.3) is 0 Å². The first-order chi connectivity index (χ1) is 26.8. The summed E-state index contributed by atoms with van der Waals surface area (Å²) >= 11 is 1.89. The van der Waals surface area contributed by atoms with Gasteiger partial charge in [0.1, 0.15) is 5.82 Å². The Bertz CT molecular complexity index is 3150. The van der Waals surface area contributed by atoms with Crippen LogP contribution in [-0.2, 0) is 0 Å². The van der Waals surface area contributed by atoms with Gasteiger partial charge in [-0.05, 0) is 75.0 Å². The molecule has 0 aliphatic rings. The van der Waals surface area contributed by atoms with Crippen LogP contribution in [0.5, 0.6) is 0 Å². The Balaban J connectivity index is 1.10. The molecule has 0 aliphatic carbocycles. The number of hydrogen-bond donors (Lipinski definition) is 0. The highest BCUT2D eigenvalue weighted by atomic mass is 32.1. The molecule has 3 heteroatoms. The highest BCUT2D eigenvalue weighted by molar-refractivity contribution is 7.26. The zero-order valence-electron chi connectivity index (χ0n) is 29.3. The highest BCUT2D eigenvalue weighted by Crippen LogP contribution is 2.44. The van der Waals surface area contributed by atoms with Gasteiger partial charge in [-0.2, -0.15) is 0 Å². The Hall–Kier alpha value is -6.81. The van der Waals surface area contributed by atoms with Crippen LogP contribution in [0, 0.1) is 0 Å². The van der Waals surface area contributed by atoms with Gasteiger partial charge >= 0.3 is 0 Å². The largest absolute Gasteiger partial charge is 0.294 e. The van der Waals surface area contributed by atoms with Crippen molar-refractivity contribution in [1.82, 2.24) is 9.55 Å². The molecule has 0 bridgehead atoms. The van der Waals surface area contributed by atoms with E-state index in [2.05, 4.69) is 199 Å². The van der Waals surface area contributed by atoms with Crippen molar-refractivity contribution in [2.45, 2.75) is 0 Å². The van der Waals surface area contributed by atoms with E-state index in [1.807, 2.05) is 11.3 Å². The Morgan fingerprint density at radius 1 is 0.352 bits per heavy atom. The lowest BCUT2D eigenvalue weighted by Gasteiger charge is -2.14. The molecule has 0 N–H and O–H groups in total. The quantitative estimate of drug-likeness (QED) is 0.174. The second-order valence-corrected chi connectivity index (χ2v) is 15.0. The van der Waals surface area contributed by atoms with Gasteiger partial charge in [-0.15, -0.1) is 11.3 Å². The molecule has 252 valence electrons. The fourth-order valence-electron chi connectivity index (χ4n) is 8.33. The molecule has 0 saturated heterocycles. The van der Waals surface area contributed by atoms with Crippen LogP contribution in [0.4, 0.5) is 0 Å². The molecule has 0 radical (unpaired) electrons. The van der Waals surface area contributed by atoms with Crippen molar-refractivity contribution in [2.75, 3.05) is 0 Å². The van der Waals surface area contributed by atoms with Gasteiger partial charge in [-0.25, -0.2) is 4.98 Å². The number of pyridine rings is 1. The van der Waals surface area contributed by atoms with Gasteiger partial charge in [0.2, 0.25) is 0 Å². The minimum Gasteiger partial charge on any atom is -0.294 e. The molecule has 0 aliphatic heterocycles. The normalized spacial score (nSPS) is 11.7. The minimum atomic E-state index is 0.902. The summed E-state index contributed by atoms with van der Waals surface area (Å²) in [6.45, 7) is 0. The Morgan fingerprint density at radius 2 is 0.963 bits per heavy atom. The van der Waals surface area contributed by atoms with Gasteiger partial charge in [-0.3, -0.25) is 4.57 Å². The van der Waals surface area contributed by atoms with Crippen LogP contribution in [0.25, 0.3) is 103 Å². The molecule has 3 aromatic heterocycles. The topological polar surface area (TPSA) is 17.8 Å². The van der Waals surface area contributed by atoms with E-state index in [0.29, 0.717) is 0 Å². The maximum absolute atomic E-state index is 5.33. The summed E-state index contributed by atoms with van der Waals surface area (Å²) in [5.74, 6) is 0.902. The van der Waals surface area contributed by atoms with E-state index in [1.165, 1.54) is 69.5 Å². The van der Waals surface area contributed by atoms with E-state index in [9.17, 15) is 0 Å². The lowest BCUT2D eigenvalue weighted by molar-refractivity contribution is 1.08. The smallest absolute Gasteiger partial charge is 0.138 e. The third-order valence-electron chi connectivity index (χ3n) is 10.8. The fourth-order valence-corrected chi connectivity index (χ4v) is 9.56. The lowest BCUT2D eigenvalue weighted by atomic mass is 9.92. The van der Waals surface area contributed by atoms with E-state index >= 15 is 0 Å². The molecule has 0 fully saturated rings.